The highest BCUT2D eigenvalue weighted by atomic mass is 35.5. The largest absolute Gasteiger partial charge is 0.392 e. The molecule has 0 aliphatic heterocycles. The first-order valence-electron chi connectivity index (χ1n) is 6.75. The summed E-state index contributed by atoms with van der Waals surface area (Å²) in [7, 11) is 2.12. The van der Waals surface area contributed by atoms with Crippen molar-refractivity contribution in [1.29, 1.82) is 0 Å². The number of halogens is 1. The van der Waals surface area contributed by atoms with Crippen LogP contribution in [0.15, 0.2) is 18.2 Å². The van der Waals surface area contributed by atoms with Gasteiger partial charge in [-0.15, -0.1) is 0 Å². The van der Waals surface area contributed by atoms with Crippen molar-refractivity contribution in [3.63, 3.8) is 0 Å². The molecule has 1 aliphatic carbocycles. The van der Waals surface area contributed by atoms with Gasteiger partial charge in [0, 0.05) is 29.4 Å². The second-order valence-electron chi connectivity index (χ2n) is 5.37. The minimum absolute atomic E-state index is 0.0674. The zero-order chi connectivity index (χ0) is 13.1. The van der Waals surface area contributed by atoms with Gasteiger partial charge in [-0.2, -0.15) is 0 Å². The third kappa shape index (κ3) is 2.81. The van der Waals surface area contributed by atoms with E-state index in [0.717, 1.165) is 16.3 Å². The Morgan fingerprint density at radius 3 is 2.72 bits per heavy atom. The smallest absolute Gasteiger partial charge is 0.0702 e. The molecule has 2 atom stereocenters. The lowest BCUT2D eigenvalue weighted by Gasteiger charge is -2.38. The van der Waals surface area contributed by atoms with Crippen LogP contribution < -0.4 is 4.90 Å². The quantitative estimate of drug-likeness (QED) is 0.899. The van der Waals surface area contributed by atoms with E-state index in [-0.39, 0.29) is 6.61 Å². The molecule has 0 aromatic heterocycles. The van der Waals surface area contributed by atoms with Gasteiger partial charge in [-0.3, -0.25) is 0 Å². The van der Waals surface area contributed by atoms with Gasteiger partial charge >= 0.3 is 0 Å². The van der Waals surface area contributed by atoms with Gasteiger partial charge in [0.1, 0.15) is 0 Å². The standard InChI is InChI=1S/C15H22ClNO/c1-11-5-3-4-6-14(11)17(2)15-9-13(16)8-7-12(15)10-18/h7-9,11,14,18H,3-6,10H2,1-2H3. The molecule has 100 valence electrons. The number of aliphatic hydroxyl groups is 1. The lowest BCUT2D eigenvalue weighted by Crippen LogP contribution is -2.39. The number of nitrogens with zero attached hydrogens (tertiary/aromatic N) is 1. The molecule has 0 spiro atoms. The average Bonchev–Trinajstić information content (AvgIpc) is 2.38. The summed E-state index contributed by atoms with van der Waals surface area (Å²) in [6.45, 7) is 2.39. The van der Waals surface area contributed by atoms with Crippen molar-refractivity contribution in [3.8, 4) is 0 Å². The number of anilines is 1. The summed E-state index contributed by atoms with van der Waals surface area (Å²) in [4.78, 5) is 2.31. The summed E-state index contributed by atoms with van der Waals surface area (Å²) in [5.41, 5.74) is 2.03. The number of hydrogen-bond donors (Lipinski definition) is 1. The van der Waals surface area contributed by atoms with Gasteiger partial charge in [-0.05, 0) is 30.9 Å². The summed E-state index contributed by atoms with van der Waals surface area (Å²) in [6.07, 6.45) is 5.17. The number of benzene rings is 1. The van der Waals surface area contributed by atoms with Crippen LogP contribution in [-0.2, 0) is 6.61 Å². The summed E-state index contributed by atoms with van der Waals surface area (Å²) in [6, 6.07) is 6.28. The van der Waals surface area contributed by atoms with E-state index in [4.69, 9.17) is 11.6 Å². The highest BCUT2D eigenvalue weighted by molar-refractivity contribution is 6.30. The number of rotatable bonds is 3. The Balaban J connectivity index is 2.26. The molecule has 3 heteroatoms. The first-order valence-corrected chi connectivity index (χ1v) is 7.13. The molecule has 1 aromatic carbocycles. The number of aliphatic hydroxyl groups excluding tert-OH is 1. The lowest BCUT2D eigenvalue weighted by atomic mass is 9.84. The van der Waals surface area contributed by atoms with Crippen LogP contribution in [0.25, 0.3) is 0 Å². The molecule has 1 saturated carbocycles. The Morgan fingerprint density at radius 1 is 1.33 bits per heavy atom. The second kappa shape index (κ2) is 5.94. The molecule has 2 nitrogen and oxygen atoms in total. The van der Waals surface area contributed by atoms with Crippen LogP contribution >= 0.6 is 11.6 Å². The Labute approximate surface area is 115 Å². The maximum absolute atomic E-state index is 9.45. The SMILES string of the molecule is CC1CCCCC1N(C)c1cc(Cl)ccc1CO. The van der Waals surface area contributed by atoms with Crippen molar-refractivity contribution in [3.05, 3.63) is 28.8 Å². The van der Waals surface area contributed by atoms with E-state index < -0.39 is 0 Å². The van der Waals surface area contributed by atoms with Crippen LogP contribution in [0.3, 0.4) is 0 Å². The van der Waals surface area contributed by atoms with Crippen LogP contribution in [0, 0.1) is 5.92 Å². The van der Waals surface area contributed by atoms with Crippen LogP contribution in [0.4, 0.5) is 5.69 Å². The van der Waals surface area contributed by atoms with Gasteiger partial charge in [-0.25, -0.2) is 0 Å². The third-order valence-electron chi connectivity index (χ3n) is 4.16. The molecule has 18 heavy (non-hydrogen) atoms. The van der Waals surface area contributed by atoms with E-state index >= 15 is 0 Å². The fraction of sp³-hybridized carbons (Fsp3) is 0.600. The van der Waals surface area contributed by atoms with Crippen LogP contribution in [0.1, 0.15) is 38.2 Å². The first kappa shape index (κ1) is 13.7. The van der Waals surface area contributed by atoms with Gasteiger partial charge in [0.25, 0.3) is 0 Å². The third-order valence-corrected chi connectivity index (χ3v) is 4.40. The summed E-state index contributed by atoms with van der Waals surface area (Å²) in [5, 5.41) is 10.2. The van der Waals surface area contributed by atoms with E-state index in [2.05, 4.69) is 18.9 Å². The van der Waals surface area contributed by atoms with Crippen LogP contribution in [0.2, 0.25) is 5.02 Å². The molecule has 0 radical (unpaired) electrons. The Hall–Kier alpha value is -0.730. The Kier molecular flexibility index (Phi) is 4.52. The predicted molar refractivity (Wildman–Crippen MR) is 77.2 cm³/mol. The Morgan fingerprint density at radius 2 is 2.06 bits per heavy atom. The molecule has 2 rings (SSSR count). The minimum atomic E-state index is 0.0674. The molecule has 0 bridgehead atoms. The van der Waals surface area contributed by atoms with Crippen molar-refractivity contribution >= 4 is 17.3 Å². The van der Waals surface area contributed by atoms with Crippen molar-refractivity contribution < 1.29 is 5.11 Å². The zero-order valence-electron chi connectivity index (χ0n) is 11.2. The second-order valence-corrected chi connectivity index (χ2v) is 5.81. The van der Waals surface area contributed by atoms with Crippen molar-refractivity contribution in [2.24, 2.45) is 5.92 Å². The van der Waals surface area contributed by atoms with Gasteiger partial charge in [0.2, 0.25) is 0 Å². The fourth-order valence-electron chi connectivity index (χ4n) is 3.05. The summed E-state index contributed by atoms with van der Waals surface area (Å²) in [5.74, 6) is 0.703. The van der Waals surface area contributed by atoms with Gasteiger partial charge in [0.05, 0.1) is 6.61 Å². The van der Waals surface area contributed by atoms with Crippen LogP contribution in [0.5, 0.6) is 0 Å². The molecule has 1 N–H and O–H groups in total. The highest BCUT2D eigenvalue weighted by Crippen LogP contribution is 2.33. The predicted octanol–water partition coefficient (Wildman–Crippen LogP) is 3.85. The maximum atomic E-state index is 9.45. The van der Waals surface area contributed by atoms with E-state index in [9.17, 15) is 5.11 Å². The molecular formula is C15H22ClNO. The minimum Gasteiger partial charge on any atom is -0.392 e. The van der Waals surface area contributed by atoms with E-state index in [1.165, 1.54) is 25.7 Å². The first-order chi connectivity index (χ1) is 8.63. The molecule has 0 heterocycles. The molecule has 0 saturated heterocycles. The molecule has 1 aliphatic rings. The summed E-state index contributed by atoms with van der Waals surface area (Å²) < 4.78 is 0. The Bertz CT molecular complexity index is 407. The van der Waals surface area contributed by atoms with Crippen LogP contribution in [-0.4, -0.2) is 18.2 Å². The molecular weight excluding hydrogens is 246 g/mol. The molecule has 2 unspecified atom stereocenters. The van der Waals surface area contributed by atoms with Gasteiger partial charge in [-0.1, -0.05) is 37.4 Å². The fourth-order valence-corrected chi connectivity index (χ4v) is 3.22. The topological polar surface area (TPSA) is 23.5 Å². The zero-order valence-corrected chi connectivity index (χ0v) is 12.0. The monoisotopic (exact) mass is 267 g/mol. The van der Waals surface area contributed by atoms with Crippen molar-refractivity contribution in [2.45, 2.75) is 45.3 Å². The molecule has 1 fully saturated rings. The molecule has 1 aromatic rings. The number of hydrogen-bond acceptors (Lipinski definition) is 2. The highest BCUT2D eigenvalue weighted by Gasteiger charge is 2.26. The van der Waals surface area contributed by atoms with Gasteiger partial charge in [0.15, 0.2) is 0 Å². The normalized spacial score (nSPS) is 24.0. The van der Waals surface area contributed by atoms with E-state index in [1.807, 2.05) is 18.2 Å². The van der Waals surface area contributed by atoms with Crippen molar-refractivity contribution in [1.82, 2.24) is 0 Å². The maximum Gasteiger partial charge on any atom is 0.0702 e. The lowest BCUT2D eigenvalue weighted by molar-refractivity contribution is 0.280. The summed E-state index contributed by atoms with van der Waals surface area (Å²) >= 11 is 6.08. The average molecular weight is 268 g/mol. The van der Waals surface area contributed by atoms with Gasteiger partial charge < -0.3 is 10.0 Å². The van der Waals surface area contributed by atoms with Crippen molar-refractivity contribution in [2.75, 3.05) is 11.9 Å². The van der Waals surface area contributed by atoms with E-state index in [1.54, 1.807) is 0 Å². The molecule has 0 amide bonds. The van der Waals surface area contributed by atoms with E-state index in [0.29, 0.717) is 12.0 Å².